The number of Topliss-reactive ketones (excluding diaryl/α,β-unsaturated/α-hetero) is 1. The van der Waals surface area contributed by atoms with Crippen LogP contribution in [0.2, 0.25) is 0 Å². The molecule has 27 heavy (non-hydrogen) atoms. The molecule has 2 atom stereocenters. The van der Waals surface area contributed by atoms with Crippen molar-refractivity contribution in [2.45, 2.75) is 26.3 Å². The molecule has 0 bridgehead atoms. The Morgan fingerprint density at radius 1 is 1.26 bits per heavy atom. The number of nitrogens with zero attached hydrogens (tertiary/aromatic N) is 2. The minimum atomic E-state index is -0.297. The van der Waals surface area contributed by atoms with Crippen LogP contribution in [0.1, 0.15) is 30.6 Å². The van der Waals surface area contributed by atoms with E-state index >= 15 is 0 Å². The van der Waals surface area contributed by atoms with Crippen LogP contribution >= 0.6 is 0 Å². The minimum absolute atomic E-state index is 0.0129. The molecule has 7 nitrogen and oxygen atoms in total. The molecule has 0 saturated heterocycles. The molecule has 0 radical (unpaired) electrons. The summed E-state index contributed by atoms with van der Waals surface area (Å²) < 4.78 is 0. The van der Waals surface area contributed by atoms with Crippen LogP contribution in [0.25, 0.3) is 0 Å². The van der Waals surface area contributed by atoms with Gasteiger partial charge in [-0.1, -0.05) is 6.07 Å². The fourth-order valence-electron chi connectivity index (χ4n) is 2.93. The van der Waals surface area contributed by atoms with Gasteiger partial charge in [-0.2, -0.15) is 0 Å². The highest BCUT2D eigenvalue weighted by molar-refractivity contribution is 6.09. The predicted octanol–water partition coefficient (Wildman–Crippen LogP) is 1.87. The van der Waals surface area contributed by atoms with E-state index in [-0.39, 0.29) is 35.0 Å². The lowest BCUT2D eigenvalue weighted by Crippen LogP contribution is -2.43. The monoisotopic (exact) mass is 374 g/mol. The fourth-order valence-corrected chi connectivity index (χ4v) is 2.93. The first-order chi connectivity index (χ1) is 12.6. The zero-order valence-corrected chi connectivity index (χ0v) is 17.0. The Morgan fingerprint density at radius 3 is 2.52 bits per heavy atom. The van der Waals surface area contributed by atoms with Gasteiger partial charge in [0.05, 0.1) is 17.2 Å². The molecule has 7 heteroatoms. The summed E-state index contributed by atoms with van der Waals surface area (Å²) in [5.74, 6) is -0.672. The Kier molecular flexibility index (Phi) is 6.49. The highest BCUT2D eigenvalue weighted by Crippen LogP contribution is 2.35. The van der Waals surface area contributed by atoms with Gasteiger partial charge in [-0.25, -0.2) is 0 Å². The average Bonchev–Trinajstić information content (AvgIpc) is 2.62. The molecule has 1 amide bonds. The third-order valence-corrected chi connectivity index (χ3v) is 4.69. The Balaban J connectivity index is 2.21. The number of benzene rings is 1. The SMILES string of the molecule is CC(CCN(C)C)NC1=C(Nc2cccc(C(=O)N(C)C)c2O)C(=O)C1C. The third kappa shape index (κ3) is 4.60. The summed E-state index contributed by atoms with van der Waals surface area (Å²) in [4.78, 5) is 28.0. The molecule has 0 aromatic heterocycles. The van der Waals surface area contributed by atoms with Crippen molar-refractivity contribution in [3.05, 3.63) is 35.2 Å². The van der Waals surface area contributed by atoms with Crippen molar-refractivity contribution in [2.75, 3.05) is 40.1 Å². The van der Waals surface area contributed by atoms with Crippen molar-refractivity contribution in [3.8, 4) is 5.75 Å². The maximum Gasteiger partial charge on any atom is 0.257 e. The summed E-state index contributed by atoms with van der Waals surface area (Å²) in [5, 5.41) is 16.9. The molecule has 0 heterocycles. The molecule has 0 fully saturated rings. The van der Waals surface area contributed by atoms with Crippen molar-refractivity contribution >= 4 is 17.4 Å². The Labute approximate surface area is 161 Å². The quantitative estimate of drug-likeness (QED) is 0.603. The summed E-state index contributed by atoms with van der Waals surface area (Å²) >= 11 is 0. The molecule has 148 valence electrons. The number of hydrogen-bond donors (Lipinski definition) is 3. The van der Waals surface area contributed by atoms with Crippen LogP contribution in [0, 0.1) is 5.92 Å². The van der Waals surface area contributed by atoms with Gasteiger partial charge >= 0.3 is 0 Å². The standard InChI is InChI=1S/C20H30N4O3/c1-12(10-11-23(3)4)21-16-13(2)18(25)17(16)22-15-9-7-8-14(19(15)26)20(27)24(5)6/h7-9,12-13,21-22,26H,10-11H2,1-6H3. The Hall–Kier alpha value is -2.54. The minimum Gasteiger partial charge on any atom is -0.505 e. The molecule has 2 unspecified atom stereocenters. The number of carbonyl (C=O) groups is 2. The van der Waals surface area contributed by atoms with E-state index in [1.54, 1.807) is 32.3 Å². The van der Waals surface area contributed by atoms with Crippen molar-refractivity contribution in [1.29, 1.82) is 0 Å². The van der Waals surface area contributed by atoms with Crippen LogP contribution < -0.4 is 10.6 Å². The molecule has 0 spiro atoms. The van der Waals surface area contributed by atoms with Gasteiger partial charge in [0.25, 0.3) is 5.91 Å². The summed E-state index contributed by atoms with van der Waals surface area (Å²) in [7, 11) is 7.30. The first-order valence-corrected chi connectivity index (χ1v) is 9.13. The number of anilines is 1. The molecule has 3 N–H and O–H groups in total. The number of aromatic hydroxyl groups is 1. The molecule has 1 aromatic carbocycles. The third-order valence-electron chi connectivity index (χ3n) is 4.69. The Bertz CT molecular complexity index is 756. The number of ketones is 1. The molecular formula is C20H30N4O3. The largest absolute Gasteiger partial charge is 0.505 e. The number of para-hydroxylation sites is 1. The first-order valence-electron chi connectivity index (χ1n) is 9.13. The van der Waals surface area contributed by atoms with E-state index in [9.17, 15) is 14.7 Å². The average molecular weight is 374 g/mol. The second-order valence-corrected chi connectivity index (χ2v) is 7.54. The number of amides is 1. The van der Waals surface area contributed by atoms with Crippen LogP contribution in [0.5, 0.6) is 5.75 Å². The van der Waals surface area contributed by atoms with E-state index in [1.165, 1.54) is 4.90 Å². The molecule has 0 aliphatic heterocycles. The number of phenols is 1. The molecule has 1 aliphatic rings. The number of rotatable bonds is 8. The predicted molar refractivity (Wildman–Crippen MR) is 107 cm³/mol. The molecule has 1 aromatic rings. The number of hydrogen-bond acceptors (Lipinski definition) is 6. The van der Waals surface area contributed by atoms with Crippen LogP contribution in [-0.4, -0.2) is 67.4 Å². The summed E-state index contributed by atoms with van der Waals surface area (Å²) in [6, 6.07) is 5.10. The first kappa shape index (κ1) is 20.8. The smallest absolute Gasteiger partial charge is 0.257 e. The number of carbonyl (C=O) groups excluding carboxylic acids is 2. The van der Waals surface area contributed by atoms with E-state index in [0.717, 1.165) is 18.7 Å². The van der Waals surface area contributed by atoms with Crippen LogP contribution in [0.15, 0.2) is 29.6 Å². The number of phenolic OH excluding ortho intramolecular Hbond substituents is 1. The van der Waals surface area contributed by atoms with Gasteiger partial charge in [-0.3, -0.25) is 9.59 Å². The Morgan fingerprint density at radius 2 is 1.93 bits per heavy atom. The van der Waals surface area contributed by atoms with E-state index in [1.807, 2.05) is 21.0 Å². The van der Waals surface area contributed by atoms with E-state index in [2.05, 4.69) is 22.5 Å². The van der Waals surface area contributed by atoms with Crippen molar-refractivity contribution in [1.82, 2.24) is 15.1 Å². The molecule has 0 saturated carbocycles. The molecule has 2 rings (SSSR count). The van der Waals surface area contributed by atoms with E-state index in [4.69, 9.17) is 0 Å². The summed E-state index contributed by atoms with van der Waals surface area (Å²) in [6.45, 7) is 4.89. The van der Waals surface area contributed by atoms with Crippen LogP contribution in [0.3, 0.4) is 0 Å². The van der Waals surface area contributed by atoms with Crippen molar-refractivity contribution < 1.29 is 14.7 Å². The molecule has 1 aliphatic carbocycles. The normalized spacial score (nSPS) is 17.6. The number of nitrogens with one attached hydrogen (secondary N) is 2. The van der Waals surface area contributed by atoms with Gasteiger partial charge in [0, 0.05) is 25.8 Å². The van der Waals surface area contributed by atoms with Gasteiger partial charge in [0.1, 0.15) is 5.70 Å². The highest BCUT2D eigenvalue weighted by Gasteiger charge is 2.37. The molecular weight excluding hydrogens is 344 g/mol. The second-order valence-electron chi connectivity index (χ2n) is 7.54. The van der Waals surface area contributed by atoms with Gasteiger partial charge in [-0.15, -0.1) is 0 Å². The van der Waals surface area contributed by atoms with Gasteiger partial charge < -0.3 is 25.5 Å². The second kappa shape index (κ2) is 8.43. The fraction of sp³-hybridized carbons (Fsp3) is 0.500. The lowest BCUT2D eigenvalue weighted by molar-refractivity contribution is -0.120. The maximum atomic E-state index is 12.3. The van der Waals surface area contributed by atoms with Gasteiger partial charge in [-0.05, 0) is 53.0 Å². The van der Waals surface area contributed by atoms with Gasteiger partial charge in [0.15, 0.2) is 11.5 Å². The highest BCUT2D eigenvalue weighted by atomic mass is 16.3. The zero-order valence-electron chi connectivity index (χ0n) is 17.0. The topological polar surface area (TPSA) is 84.9 Å². The van der Waals surface area contributed by atoms with Gasteiger partial charge in [0.2, 0.25) is 0 Å². The van der Waals surface area contributed by atoms with Crippen LogP contribution in [-0.2, 0) is 4.79 Å². The number of allylic oxidation sites excluding steroid dienone is 2. The summed E-state index contributed by atoms with van der Waals surface area (Å²) in [6.07, 6.45) is 0.947. The van der Waals surface area contributed by atoms with E-state index in [0.29, 0.717) is 11.4 Å². The summed E-state index contributed by atoms with van der Waals surface area (Å²) in [5.41, 5.74) is 1.83. The van der Waals surface area contributed by atoms with Crippen LogP contribution in [0.4, 0.5) is 5.69 Å². The zero-order chi connectivity index (χ0) is 20.3. The lowest BCUT2D eigenvalue weighted by Gasteiger charge is -2.33. The van der Waals surface area contributed by atoms with E-state index < -0.39 is 0 Å². The van der Waals surface area contributed by atoms with Crippen molar-refractivity contribution in [3.63, 3.8) is 0 Å². The lowest BCUT2D eigenvalue weighted by atomic mass is 9.85. The maximum absolute atomic E-state index is 12.3. The van der Waals surface area contributed by atoms with Crippen molar-refractivity contribution in [2.24, 2.45) is 5.92 Å².